The Morgan fingerprint density at radius 2 is 1.60 bits per heavy atom. The number of nitrogens with zero attached hydrogens (tertiary/aromatic N) is 5. The van der Waals surface area contributed by atoms with Gasteiger partial charge in [0, 0.05) is 23.8 Å². The van der Waals surface area contributed by atoms with E-state index in [1.807, 2.05) is 53.1 Å². The zero-order valence-corrected chi connectivity index (χ0v) is 14.2. The fourth-order valence-electron chi connectivity index (χ4n) is 2.48. The van der Waals surface area contributed by atoms with Crippen LogP contribution >= 0.6 is 11.8 Å². The molecule has 0 aliphatic carbocycles. The van der Waals surface area contributed by atoms with E-state index in [9.17, 15) is 0 Å². The van der Waals surface area contributed by atoms with Crippen LogP contribution in [0.1, 0.15) is 5.56 Å². The average molecular weight is 345 g/mol. The maximum Gasteiger partial charge on any atom is 0.196 e. The lowest BCUT2D eigenvalue weighted by Gasteiger charge is -2.09. The smallest absolute Gasteiger partial charge is 0.196 e. The van der Waals surface area contributed by atoms with Crippen molar-refractivity contribution in [2.75, 3.05) is 0 Å². The van der Waals surface area contributed by atoms with Crippen LogP contribution in [0.4, 0.5) is 0 Å². The SMILES string of the molecule is c1ccc(CSc2nnc(-c3cnccn3)n2-c2ccccc2)cc1. The number of hydrogen-bond acceptors (Lipinski definition) is 5. The van der Waals surface area contributed by atoms with Gasteiger partial charge in [-0.1, -0.05) is 60.3 Å². The van der Waals surface area contributed by atoms with Gasteiger partial charge in [-0.05, 0) is 17.7 Å². The molecule has 2 aromatic heterocycles. The van der Waals surface area contributed by atoms with Crippen LogP contribution in [-0.4, -0.2) is 24.7 Å². The number of aromatic nitrogens is 5. The first-order chi connectivity index (χ1) is 12.4. The summed E-state index contributed by atoms with van der Waals surface area (Å²) < 4.78 is 2.03. The Hall–Kier alpha value is -2.99. The minimum absolute atomic E-state index is 0.690. The van der Waals surface area contributed by atoms with Gasteiger partial charge >= 0.3 is 0 Å². The van der Waals surface area contributed by atoms with Crippen molar-refractivity contribution in [3.63, 3.8) is 0 Å². The first-order valence-corrected chi connectivity index (χ1v) is 8.84. The predicted octanol–water partition coefficient (Wildman–Crippen LogP) is 4.02. The van der Waals surface area contributed by atoms with Crippen molar-refractivity contribution in [2.45, 2.75) is 10.9 Å². The lowest BCUT2D eigenvalue weighted by atomic mass is 10.2. The van der Waals surface area contributed by atoms with Crippen molar-refractivity contribution in [3.05, 3.63) is 84.8 Å². The second kappa shape index (κ2) is 7.27. The molecule has 0 saturated heterocycles. The predicted molar refractivity (Wildman–Crippen MR) is 98.4 cm³/mol. The highest BCUT2D eigenvalue weighted by Gasteiger charge is 2.17. The standard InChI is InChI=1S/C19H15N5S/c1-3-7-15(8-4-1)14-25-19-23-22-18(17-13-20-11-12-21-17)24(19)16-9-5-2-6-10-16/h1-13H,14H2. The molecule has 0 radical (unpaired) electrons. The van der Waals surface area contributed by atoms with Crippen LogP contribution in [0.25, 0.3) is 17.2 Å². The van der Waals surface area contributed by atoms with E-state index in [4.69, 9.17) is 0 Å². The van der Waals surface area contributed by atoms with Gasteiger partial charge in [0.15, 0.2) is 11.0 Å². The van der Waals surface area contributed by atoms with Gasteiger partial charge in [0.25, 0.3) is 0 Å². The van der Waals surface area contributed by atoms with E-state index >= 15 is 0 Å². The maximum atomic E-state index is 4.39. The van der Waals surface area contributed by atoms with Crippen molar-refractivity contribution in [2.24, 2.45) is 0 Å². The quantitative estimate of drug-likeness (QED) is 0.511. The maximum absolute atomic E-state index is 4.39. The summed E-state index contributed by atoms with van der Waals surface area (Å²) in [6.45, 7) is 0. The lowest BCUT2D eigenvalue weighted by Crippen LogP contribution is -2.00. The Morgan fingerprint density at radius 3 is 2.32 bits per heavy atom. The second-order valence-electron chi connectivity index (χ2n) is 5.34. The molecule has 0 atom stereocenters. The Labute approximate surface area is 149 Å². The van der Waals surface area contributed by atoms with E-state index in [0.29, 0.717) is 11.5 Å². The van der Waals surface area contributed by atoms with Crippen LogP contribution in [0.2, 0.25) is 0 Å². The fraction of sp³-hybridized carbons (Fsp3) is 0.0526. The summed E-state index contributed by atoms with van der Waals surface area (Å²) >= 11 is 1.65. The van der Waals surface area contributed by atoms with E-state index in [-0.39, 0.29) is 0 Å². The molecule has 0 aliphatic rings. The summed E-state index contributed by atoms with van der Waals surface area (Å²) in [4.78, 5) is 8.52. The molecule has 25 heavy (non-hydrogen) atoms. The van der Waals surface area contributed by atoms with Crippen molar-refractivity contribution >= 4 is 11.8 Å². The van der Waals surface area contributed by atoms with Gasteiger partial charge < -0.3 is 0 Å². The van der Waals surface area contributed by atoms with Crippen molar-refractivity contribution in [3.8, 4) is 17.2 Å². The molecule has 0 bridgehead atoms. The lowest BCUT2D eigenvalue weighted by molar-refractivity contribution is 0.884. The fourth-order valence-corrected chi connectivity index (χ4v) is 3.38. The molecular weight excluding hydrogens is 330 g/mol. The number of benzene rings is 2. The van der Waals surface area contributed by atoms with Crippen molar-refractivity contribution in [1.29, 1.82) is 0 Å². The molecule has 0 N–H and O–H groups in total. The number of para-hydroxylation sites is 1. The largest absolute Gasteiger partial charge is 0.269 e. The Kier molecular flexibility index (Phi) is 4.52. The summed E-state index contributed by atoms with van der Waals surface area (Å²) in [5, 5.41) is 9.59. The van der Waals surface area contributed by atoms with Crippen molar-refractivity contribution in [1.82, 2.24) is 24.7 Å². The van der Waals surface area contributed by atoms with E-state index in [1.165, 1.54) is 5.56 Å². The summed E-state index contributed by atoms with van der Waals surface area (Å²) in [6.07, 6.45) is 5.02. The van der Waals surface area contributed by atoms with Crippen LogP contribution in [0, 0.1) is 0 Å². The zero-order chi connectivity index (χ0) is 16.9. The van der Waals surface area contributed by atoms with Gasteiger partial charge in [-0.15, -0.1) is 10.2 Å². The third-order valence-corrected chi connectivity index (χ3v) is 4.65. The van der Waals surface area contributed by atoms with Crippen LogP contribution in [0.15, 0.2) is 84.4 Å². The minimum Gasteiger partial charge on any atom is -0.269 e. The molecule has 0 amide bonds. The van der Waals surface area contributed by atoms with Gasteiger partial charge in [0.1, 0.15) is 5.69 Å². The molecule has 4 rings (SSSR count). The molecule has 2 heterocycles. The van der Waals surface area contributed by atoms with Crippen LogP contribution in [0.5, 0.6) is 0 Å². The molecule has 5 nitrogen and oxygen atoms in total. The molecule has 6 heteroatoms. The normalized spacial score (nSPS) is 10.7. The summed E-state index contributed by atoms with van der Waals surface area (Å²) in [6, 6.07) is 20.4. The first kappa shape index (κ1) is 15.5. The monoisotopic (exact) mass is 345 g/mol. The van der Waals surface area contributed by atoms with E-state index < -0.39 is 0 Å². The molecule has 0 unspecified atom stereocenters. The highest BCUT2D eigenvalue weighted by Crippen LogP contribution is 2.28. The van der Waals surface area contributed by atoms with E-state index in [1.54, 1.807) is 30.4 Å². The second-order valence-corrected chi connectivity index (χ2v) is 6.28. The molecule has 0 saturated carbocycles. The third-order valence-electron chi connectivity index (χ3n) is 3.65. The molecule has 4 aromatic rings. The Morgan fingerprint density at radius 1 is 0.840 bits per heavy atom. The highest BCUT2D eigenvalue weighted by molar-refractivity contribution is 7.98. The molecule has 2 aromatic carbocycles. The Bertz CT molecular complexity index is 939. The topological polar surface area (TPSA) is 56.5 Å². The summed E-state index contributed by atoms with van der Waals surface area (Å²) in [5.41, 5.74) is 2.95. The van der Waals surface area contributed by atoms with Gasteiger partial charge in [-0.3, -0.25) is 9.55 Å². The van der Waals surface area contributed by atoms with Gasteiger partial charge in [-0.25, -0.2) is 4.98 Å². The molecular formula is C19H15N5S. The number of rotatable bonds is 5. The van der Waals surface area contributed by atoms with E-state index in [2.05, 4.69) is 32.3 Å². The third kappa shape index (κ3) is 3.44. The van der Waals surface area contributed by atoms with Crippen LogP contribution in [-0.2, 0) is 5.75 Å². The molecule has 0 fully saturated rings. The summed E-state index contributed by atoms with van der Waals surface area (Å²) in [5.74, 6) is 1.52. The van der Waals surface area contributed by atoms with Crippen LogP contribution < -0.4 is 0 Å². The van der Waals surface area contributed by atoms with Gasteiger partial charge in [0.05, 0.1) is 6.20 Å². The van der Waals surface area contributed by atoms with Gasteiger partial charge in [-0.2, -0.15) is 0 Å². The summed E-state index contributed by atoms with van der Waals surface area (Å²) in [7, 11) is 0. The Balaban J connectivity index is 1.73. The van der Waals surface area contributed by atoms with Crippen LogP contribution in [0.3, 0.4) is 0 Å². The first-order valence-electron chi connectivity index (χ1n) is 7.86. The molecule has 0 spiro atoms. The molecule has 0 aliphatic heterocycles. The van der Waals surface area contributed by atoms with E-state index in [0.717, 1.165) is 16.6 Å². The number of hydrogen-bond donors (Lipinski definition) is 0. The van der Waals surface area contributed by atoms with Crippen molar-refractivity contribution < 1.29 is 0 Å². The number of thioether (sulfide) groups is 1. The zero-order valence-electron chi connectivity index (χ0n) is 13.4. The average Bonchev–Trinajstić information content (AvgIpc) is 3.12. The highest BCUT2D eigenvalue weighted by atomic mass is 32.2. The van der Waals surface area contributed by atoms with Gasteiger partial charge in [0.2, 0.25) is 0 Å². The minimum atomic E-state index is 0.690. The molecule has 122 valence electrons.